The van der Waals surface area contributed by atoms with Gasteiger partial charge in [-0.25, -0.2) is 13.1 Å². The molecule has 1 fully saturated rings. The first-order valence-electron chi connectivity index (χ1n) is 5.60. The van der Waals surface area contributed by atoms with Crippen LogP contribution < -0.4 is 4.72 Å². The number of hydrogen-bond acceptors (Lipinski definition) is 3. The van der Waals surface area contributed by atoms with E-state index in [9.17, 15) is 8.42 Å². The second-order valence-electron chi connectivity index (χ2n) is 4.39. The third-order valence-electron chi connectivity index (χ3n) is 2.95. The van der Waals surface area contributed by atoms with Gasteiger partial charge in [-0.2, -0.15) is 0 Å². The third kappa shape index (κ3) is 4.31. The van der Waals surface area contributed by atoms with Gasteiger partial charge in [-0.3, -0.25) is 0 Å². The number of alkyl halides is 1. The van der Waals surface area contributed by atoms with Crippen molar-refractivity contribution in [1.82, 2.24) is 4.72 Å². The van der Waals surface area contributed by atoms with Gasteiger partial charge in [-0.15, -0.1) is 0 Å². The molecule has 0 unspecified atom stereocenters. The van der Waals surface area contributed by atoms with Gasteiger partial charge in [0.25, 0.3) is 0 Å². The maximum absolute atomic E-state index is 11.8. The number of ether oxygens (including phenoxy) is 1. The van der Waals surface area contributed by atoms with Gasteiger partial charge in [0.15, 0.2) is 0 Å². The maximum atomic E-state index is 11.8. The zero-order chi connectivity index (χ0) is 12.1. The Bertz CT molecular complexity index is 299. The van der Waals surface area contributed by atoms with E-state index in [2.05, 4.69) is 20.7 Å². The summed E-state index contributed by atoms with van der Waals surface area (Å²) in [5.41, 5.74) is -0.244. The second kappa shape index (κ2) is 6.33. The summed E-state index contributed by atoms with van der Waals surface area (Å²) in [5.74, 6) is 0.148. The molecule has 1 aliphatic carbocycles. The summed E-state index contributed by atoms with van der Waals surface area (Å²) in [6, 6.07) is 0. The summed E-state index contributed by atoms with van der Waals surface area (Å²) >= 11 is 3.42. The average Bonchev–Trinajstić information content (AvgIpc) is 2.66. The Balaban J connectivity index is 2.50. The first-order chi connectivity index (χ1) is 7.54. The predicted molar refractivity (Wildman–Crippen MR) is 68.4 cm³/mol. The Kier molecular flexibility index (Phi) is 5.70. The molecule has 0 aliphatic heterocycles. The van der Waals surface area contributed by atoms with E-state index in [-0.39, 0.29) is 11.3 Å². The fourth-order valence-corrected chi connectivity index (χ4v) is 4.51. The van der Waals surface area contributed by atoms with Gasteiger partial charge in [0, 0.05) is 24.6 Å². The van der Waals surface area contributed by atoms with Crippen LogP contribution in [0.15, 0.2) is 0 Å². The van der Waals surface area contributed by atoms with Gasteiger partial charge >= 0.3 is 0 Å². The van der Waals surface area contributed by atoms with Crippen molar-refractivity contribution < 1.29 is 13.2 Å². The van der Waals surface area contributed by atoms with Crippen LogP contribution in [0, 0.1) is 0 Å². The lowest BCUT2D eigenvalue weighted by atomic mass is 10.0. The van der Waals surface area contributed by atoms with E-state index in [1.165, 1.54) is 0 Å². The van der Waals surface area contributed by atoms with E-state index in [1.807, 2.05) is 0 Å². The summed E-state index contributed by atoms with van der Waals surface area (Å²) in [7, 11) is -1.59. The molecular formula is C10H20BrNO3S. The fourth-order valence-electron chi connectivity index (χ4n) is 2.09. The van der Waals surface area contributed by atoms with Gasteiger partial charge in [-0.05, 0) is 19.3 Å². The summed E-state index contributed by atoms with van der Waals surface area (Å²) in [6.07, 6.45) is 4.62. The average molecular weight is 314 g/mol. The molecule has 4 nitrogen and oxygen atoms in total. The van der Waals surface area contributed by atoms with Gasteiger partial charge in [0.2, 0.25) is 10.0 Å². The summed E-state index contributed by atoms with van der Waals surface area (Å²) in [5, 5.41) is 0.698. The number of nitrogens with one attached hydrogen (secondary N) is 1. The van der Waals surface area contributed by atoms with E-state index in [0.717, 1.165) is 25.7 Å². The van der Waals surface area contributed by atoms with E-state index >= 15 is 0 Å². The van der Waals surface area contributed by atoms with E-state index in [1.54, 1.807) is 7.11 Å². The van der Waals surface area contributed by atoms with Crippen molar-refractivity contribution in [1.29, 1.82) is 0 Å². The first kappa shape index (κ1) is 14.4. The lowest BCUT2D eigenvalue weighted by Crippen LogP contribution is -2.48. The molecule has 0 bridgehead atoms. The van der Waals surface area contributed by atoms with Crippen molar-refractivity contribution in [2.75, 3.05) is 24.8 Å². The number of hydrogen-bond donors (Lipinski definition) is 1. The molecule has 0 spiro atoms. The Hall–Kier alpha value is 0.350. The van der Waals surface area contributed by atoms with Gasteiger partial charge in [0.05, 0.1) is 5.75 Å². The minimum atomic E-state index is -3.17. The number of rotatable bonds is 7. The zero-order valence-corrected chi connectivity index (χ0v) is 12.1. The minimum absolute atomic E-state index is 0.148. The van der Waals surface area contributed by atoms with Crippen LogP contribution in [0.25, 0.3) is 0 Å². The lowest BCUT2D eigenvalue weighted by Gasteiger charge is -2.27. The molecule has 1 aliphatic rings. The van der Waals surface area contributed by atoms with Crippen LogP contribution in [0.5, 0.6) is 0 Å². The minimum Gasteiger partial charge on any atom is -0.385 e. The largest absolute Gasteiger partial charge is 0.385 e. The quantitative estimate of drug-likeness (QED) is 0.574. The molecule has 1 saturated carbocycles. The highest BCUT2D eigenvalue weighted by atomic mass is 79.9. The summed E-state index contributed by atoms with van der Waals surface area (Å²) in [6.45, 7) is 0.488. The molecule has 0 aromatic carbocycles. The molecule has 0 aromatic rings. The smallest absolute Gasteiger partial charge is 0.212 e. The van der Waals surface area contributed by atoms with Crippen molar-refractivity contribution in [3.8, 4) is 0 Å². The van der Waals surface area contributed by atoms with E-state index in [0.29, 0.717) is 18.4 Å². The Morgan fingerprint density at radius 1 is 1.38 bits per heavy atom. The molecule has 0 amide bonds. The van der Waals surface area contributed by atoms with Gasteiger partial charge in [-0.1, -0.05) is 28.8 Å². The molecule has 16 heavy (non-hydrogen) atoms. The molecular weight excluding hydrogens is 294 g/mol. The molecule has 1 rings (SSSR count). The molecule has 6 heteroatoms. The Morgan fingerprint density at radius 2 is 2.00 bits per heavy atom. The van der Waals surface area contributed by atoms with Crippen molar-refractivity contribution in [3.05, 3.63) is 0 Å². The number of methoxy groups -OCH3 is 1. The molecule has 0 radical (unpaired) electrons. The van der Waals surface area contributed by atoms with Crippen LogP contribution in [0.1, 0.15) is 32.1 Å². The maximum Gasteiger partial charge on any atom is 0.212 e. The molecule has 1 N–H and O–H groups in total. The molecule has 0 aromatic heterocycles. The van der Waals surface area contributed by atoms with Crippen LogP contribution >= 0.6 is 15.9 Å². The highest BCUT2D eigenvalue weighted by Gasteiger charge is 2.36. The summed E-state index contributed by atoms with van der Waals surface area (Å²) < 4.78 is 31.4. The molecule has 0 heterocycles. The molecule has 0 saturated heterocycles. The Labute approximate surface area is 106 Å². The van der Waals surface area contributed by atoms with Crippen LogP contribution in [-0.2, 0) is 14.8 Å². The van der Waals surface area contributed by atoms with Crippen molar-refractivity contribution in [2.24, 2.45) is 0 Å². The van der Waals surface area contributed by atoms with Crippen molar-refractivity contribution in [2.45, 2.75) is 37.6 Å². The topological polar surface area (TPSA) is 55.4 Å². The first-order valence-corrected chi connectivity index (χ1v) is 8.37. The van der Waals surface area contributed by atoms with Gasteiger partial charge in [0.1, 0.15) is 0 Å². The second-order valence-corrected chi connectivity index (χ2v) is 6.79. The SMILES string of the molecule is COCCCS(=O)(=O)NC1(CBr)CCCC1. The molecule has 96 valence electrons. The highest BCUT2D eigenvalue weighted by Crippen LogP contribution is 2.31. The van der Waals surface area contributed by atoms with Crippen LogP contribution in [-0.4, -0.2) is 38.8 Å². The van der Waals surface area contributed by atoms with E-state index in [4.69, 9.17) is 4.74 Å². The number of halogens is 1. The molecule has 0 atom stereocenters. The standard InChI is InChI=1S/C10H20BrNO3S/c1-15-7-4-8-16(13,14)12-10(9-11)5-2-3-6-10/h12H,2-9H2,1H3. The van der Waals surface area contributed by atoms with Crippen molar-refractivity contribution >= 4 is 26.0 Å². The highest BCUT2D eigenvalue weighted by molar-refractivity contribution is 9.09. The van der Waals surface area contributed by atoms with Crippen LogP contribution in [0.4, 0.5) is 0 Å². The normalized spacial score (nSPS) is 20.1. The zero-order valence-electron chi connectivity index (χ0n) is 9.67. The Morgan fingerprint density at radius 3 is 2.50 bits per heavy atom. The van der Waals surface area contributed by atoms with Gasteiger partial charge < -0.3 is 4.74 Å². The fraction of sp³-hybridized carbons (Fsp3) is 1.00. The van der Waals surface area contributed by atoms with Crippen molar-refractivity contribution in [3.63, 3.8) is 0 Å². The third-order valence-corrected chi connectivity index (χ3v) is 5.59. The number of sulfonamides is 1. The summed E-state index contributed by atoms with van der Waals surface area (Å²) in [4.78, 5) is 0. The van der Waals surface area contributed by atoms with E-state index < -0.39 is 10.0 Å². The monoisotopic (exact) mass is 313 g/mol. The van der Waals surface area contributed by atoms with Crippen LogP contribution in [0.3, 0.4) is 0 Å². The van der Waals surface area contributed by atoms with Crippen LogP contribution in [0.2, 0.25) is 0 Å². The lowest BCUT2D eigenvalue weighted by molar-refractivity contribution is 0.199. The predicted octanol–water partition coefficient (Wildman–Crippen LogP) is 1.65.